The van der Waals surface area contributed by atoms with Crippen molar-refractivity contribution in [1.82, 2.24) is 19.7 Å². The standard InChI is InChI=1S/C15H21N5/c1-11-7-16-12(2)15(18-11)20-5-4-13(10-20)6-14-8-17-19(3)9-14/h7-9,13H,4-6,10H2,1-3H3/t13-/m0/s1. The van der Waals surface area contributed by atoms with E-state index in [0.717, 1.165) is 36.7 Å². The van der Waals surface area contributed by atoms with Crippen LogP contribution in [0, 0.1) is 19.8 Å². The van der Waals surface area contributed by atoms with Gasteiger partial charge in [-0.3, -0.25) is 9.67 Å². The highest BCUT2D eigenvalue weighted by Crippen LogP contribution is 2.26. The first-order valence-corrected chi connectivity index (χ1v) is 7.14. The van der Waals surface area contributed by atoms with Gasteiger partial charge in [0.05, 0.1) is 17.6 Å². The molecule has 1 aliphatic rings. The zero-order valence-corrected chi connectivity index (χ0v) is 12.4. The Morgan fingerprint density at radius 3 is 2.90 bits per heavy atom. The van der Waals surface area contributed by atoms with Gasteiger partial charge in [-0.1, -0.05) is 0 Å². The van der Waals surface area contributed by atoms with Crippen LogP contribution in [-0.4, -0.2) is 32.8 Å². The van der Waals surface area contributed by atoms with E-state index in [0.29, 0.717) is 5.92 Å². The fourth-order valence-corrected chi connectivity index (χ4v) is 2.93. The normalized spacial score (nSPS) is 18.8. The maximum absolute atomic E-state index is 4.65. The molecule has 2 aromatic heterocycles. The highest BCUT2D eigenvalue weighted by Gasteiger charge is 2.25. The summed E-state index contributed by atoms with van der Waals surface area (Å²) in [6.07, 6.45) is 8.23. The van der Waals surface area contributed by atoms with Crippen molar-refractivity contribution in [2.75, 3.05) is 18.0 Å². The minimum atomic E-state index is 0.681. The molecule has 1 atom stereocenters. The number of anilines is 1. The van der Waals surface area contributed by atoms with E-state index in [1.54, 1.807) is 0 Å². The predicted molar refractivity (Wildman–Crippen MR) is 78.7 cm³/mol. The Hall–Kier alpha value is -1.91. The second kappa shape index (κ2) is 5.23. The molecule has 0 bridgehead atoms. The molecular formula is C15H21N5. The van der Waals surface area contributed by atoms with Crippen molar-refractivity contribution in [3.8, 4) is 0 Å². The van der Waals surface area contributed by atoms with Gasteiger partial charge in [-0.15, -0.1) is 0 Å². The molecule has 0 saturated carbocycles. The molecule has 1 saturated heterocycles. The molecule has 106 valence electrons. The van der Waals surface area contributed by atoms with E-state index >= 15 is 0 Å². The summed E-state index contributed by atoms with van der Waals surface area (Å²) in [4.78, 5) is 11.4. The SMILES string of the molecule is Cc1cnc(C)c(N2CC[C@@H](Cc3cnn(C)c3)C2)n1. The Morgan fingerprint density at radius 2 is 2.15 bits per heavy atom. The lowest BCUT2D eigenvalue weighted by Crippen LogP contribution is -2.23. The van der Waals surface area contributed by atoms with Crippen LogP contribution in [0.15, 0.2) is 18.6 Å². The molecule has 0 unspecified atom stereocenters. The summed E-state index contributed by atoms with van der Waals surface area (Å²) in [5, 5.41) is 4.24. The highest BCUT2D eigenvalue weighted by atomic mass is 15.2. The lowest BCUT2D eigenvalue weighted by Gasteiger charge is -2.19. The molecule has 0 amide bonds. The monoisotopic (exact) mass is 271 g/mol. The highest BCUT2D eigenvalue weighted by molar-refractivity contribution is 5.44. The van der Waals surface area contributed by atoms with E-state index in [-0.39, 0.29) is 0 Å². The summed E-state index contributed by atoms with van der Waals surface area (Å²) in [5.41, 5.74) is 3.34. The van der Waals surface area contributed by atoms with Crippen molar-refractivity contribution in [1.29, 1.82) is 0 Å². The zero-order chi connectivity index (χ0) is 14.1. The smallest absolute Gasteiger partial charge is 0.150 e. The molecule has 3 heterocycles. The molecule has 5 nitrogen and oxygen atoms in total. The predicted octanol–water partition coefficient (Wildman–Crippen LogP) is 1.90. The van der Waals surface area contributed by atoms with Crippen molar-refractivity contribution in [2.45, 2.75) is 26.7 Å². The number of aryl methyl sites for hydroxylation is 3. The minimum Gasteiger partial charge on any atom is -0.355 e. The lowest BCUT2D eigenvalue weighted by atomic mass is 10.0. The van der Waals surface area contributed by atoms with Crippen LogP contribution in [0.4, 0.5) is 5.82 Å². The van der Waals surface area contributed by atoms with Crippen LogP contribution in [0.3, 0.4) is 0 Å². The van der Waals surface area contributed by atoms with Crippen LogP contribution in [0.5, 0.6) is 0 Å². The van der Waals surface area contributed by atoms with Gasteiger partial charge in [0.2, 0.25) is 0 Å². The minimum absolute atomic E-state index is 0.681. The third kappa shape index (κ3) is 2.66. The first kappa shape index (κ1) is 13.1. The Bertz CT molecular complexity index is 604. The lowest BCUT2D eigenvalue weighted by molar-refractivity contribution is 0.585. The first-order valence-electron chi connectivity index (χ1n) is 7.14. The first-order chi connectivity index (χ1) is 9.61. The Labute approximate surface area is 119 Å². The van der Waals surface area contributed by atoms with Gasteiger partial charge < -0.3 is 4.90 Å². The van der Waals surface area contributed by atoms with Crippen LogP contribution in [0.2, 0.25) is 0 Å². The fraction of sp³-hybridized carbons (Fsp3) is 0.533. The molecule has 2 aromatic rings. The fourth-order valence-electron chi connectivity index (χ4n) is 2.93. The summed E-state index contributed by atoms with van der Waals surface area (Å²) in [5.74, 6) is 1.74. The molecular weight excluding hydrogens is 250 g/mol. The topological polar surface area (TPSA) is 46.8 Å². The second-order valence-electron chi connectivity index (χ2n) is 5.75. The van der Waals surface area contributed by atoms with Crippen LogP contribution in [-0.2, 0) is 13.5 Å². The second-order valence-corrected chi connectivity index (χ2v) is 5.75. The van der Waals surface area contributed by atoms with Gasteiger partial charge in [-0.2, -0.15) is 5.10 Å². The number of rotatable bonds is 3. The summed E-state index contributed by atoms with van der Waals surface area (Å²) in [6.45, 7) is 6.17. The summed E-state index contributed by atoms with van der Waals surface area (Å²) in [6, 6.07) is 0. The van der Waals surface area contributed by atoms with Crippen LogP contribution >= 0.6 is 0 Å². The summed E-state index contributed by atoms with van der Waals surface area (Å²) < 4.78 is 1.87. The van der Waals surface area contributed by atoms with Crippen molar-refractivity contribution in [3.05, 3.63) is 35.5 Å². The third-order valence-corrected chi connectivity index (χ3v) is 3.92. The number of hydrogen-bond acceptors (Lipinski definition) is 4. The van der Waals surface area contributed by atoms with E-state index in [9.17, 15) is 0 Å². The van der Waals surface area contributed by atoms with E-state index in [2.05, 4.69) is 26.2 Å². The molecule has 20 heavy (non-hydrogen) atoms. The molecule has 1 fully saturated rings. The third-order valence-electron chi connectivity index (χ3n) is 3.92. The molecule has 3 rings (SSSR count). The molecule has 0 N–H and O–H groups in total. The van der Waals surface area contributed by atoms with Gasteiger partial charge in [0, 0.05) is 32.5 Å². The van der Waals surface area contributed by atoms with Gasteiger partial charge in [-0.05, 0) is 38.2 Å². The van der Waals surface area contributed by atoms with Crippen LogP contribution < -0.4 is 4.90 Å². The van der Waals surface area contributed by atoms with E-state index in [1.807, 2.05) is 38.0 Å². The molecule has 0 aromatic carbocycles. The van der Waals surface area contributed by atoms with Gasteiger partial charge in [0.15, 0.2) is 0 Å². The average Bonchev–Trinajstić information content (AvgIpc) is 3.02. The van der Waals surface area contributed by atoms with Gasteiger partial charge in [0.1, 0.15) is 5.82 Å². The van der Waals surface area contributed by atoms with Crippen molar-refractivity contribution in [2.24, 2.45) is 13.0 Å². The molecule has 0 aliphatic carbocycles. The van der Waals surface area contributed by atoms with Crippen molar-refractivity contribution < 1.29 is 0 Å². The van der Waals surface area contributed by atoms with Gasteiger partial charge in [0.25, 0.3) is 0 Å². The van der Waals surface area contributed by atoms with E-state index < -0.39 is 0 Å². The van der Waals surface area contributed by atoms with E-state index in [4.69, 9.17) is 0 Å². The maximum Gasteiger partial charge on any atom is 0.150 e. The summed E-state index contributed by atoms with van der Waals surface area (Å²) in [7, 11) is 1.97. The quantitative estimate of drug-likeness (QED) is 0.855. The Balaban J connectivity index is 1.68. The largest absolute Gasteiger partial charge is 0.355 e. The Kier molecular flexibility index (Phi) is 3.42. The Morgan fingerprint density at radius 1 is 1.30 bits per heavy atom. The molecule has 0 spiro atoms. The molecule has 5 heteroatoms. The molecule has 0 radical (unpaired) electrons. The van der Waals surface area contributed by atoms with E-state index in [1.165, 1.54) is 12.0 Å². The average molecular weight is 271 g/mol. The maximum atomic E-state index is 4.65. The summed E-state index contributed by atoms with van der Waals surface area (Å²) >= 11 is 0. The van der Waals surface area contributed by atoms with Crippen molar-refractivity contribution >= 4 is 5.82 Å². The van der Waals surface area contributed by atoms with Gasteiger partial charge >= 0.3 is 0 Å². The number of nitrogens with zero attached hydrogens (tertiary/aromatic N) is 5. The number of aromatic nitrogens is 4. The van der Waals surface area contributed by atoms with Crippen LogP contribution in [0.25, 0.3) is 0 Å². The zero-order valence-electron chi connectivity index (χ0n) is 12.4. The molecule has 1 aliphatic heterocycles. The van der Waals surface area contributed by atoms with Crippen molar-refractivity contribution in [3.63, 3.8) is 0 Å². The van der Waals surface area contributed by atoms with Crippen LogP contribution in [0.1, 0.15) is 23.4 Å². The van der Waals surface area contributed by atoms with Gasteiger partial charge in [-0.25, -0.2) is 4.98 Å². The number of hydrogen-bond donors (Lipinski definition) is 0.